The van der Waals surface area contributed by atoms with Crippen LogP contribution in [0.4, 0.5) is 5.69 Å². The lowest BCUT2D eigenvalue weighted by Crippen LogP contribution is -2.30. The number of carbonyl (C=O) groups excluding carboxylic acids is 3. The highest BCUT2D eigenvalue weighted by atomic mass is 32.2. The summed E-state index contributed by atoms with van der Waals surface area (Å²) in [6.07, 6.45) is 1.54. The third-order valence-corrected chi connectivity index (χ3v) is 7.13. The predicted molar refractivity (Wildman–Crippen MR) is 165 cm³/mol. The molecular weight excluding hydrogens is 552 g/mol. The Morgan fingerprint density at radius 1 is 0.762 bits per heavy atom. The molecule has 42 heavy (non-hydrogen) atoms. The van der Waals surface area contributed by atoms with Gasteiger partial charge in [0, 0.05) is 27.8 Å². The number of nitrogens with one attached hydrogen (secondary N) is 2. The number of thioether (sulfide) groups is 1. The number of carbonyl (C=O) groups is 3. The van der Waals surface area contributed by atoms with E-state index in [2.05, 4.69) is 10.6 Å². The molecule has 0 aliphatic carbocycles. The molecule has 0 atom stereocenters. The van der Waals surface area contributed by atoms with Gasteiger partial charge in [0.2, 0.25) is 0 Å². The smallest absolute Gasteiger partial charge is 0.272 e. The van der Waals surface area contributed by atoms with Gasteiger partial charge in [-0.3, -0.25) is 14.4 Å². The second-order valence-corrected chi connectivity index (χ2v) is 9.93. The number of hydrogen-bond acceptors (Lipinski definition) is 7. The average Bonchev–Trinajstić information content (AvgIpc) is 3.03. The summed E-state index contributed by atoms with van der Waals surface area (Å²) in [6, 6.07) is 28.0. The molecular formula is C33H30N2O6S. The van der Waals surface area contributed by atoms with E-state index in [-0.39, 0.29) is 17.2 Å². The van der Waals surface area contributed by atoms with E-state index < -0.39 is 11.8 Å². The van der Waals surface area contributed by atoms with Gasteiger partial charge in [-0.05, 0) is 60.7 Å². The average molecular weight is 583 g/mol. The summed E-state index contributed by atoms with van der Waals surface area (Å²) < 4.78 is 16.0. The summed E-state index contributed by atoms with van der Waals surface area (Å²) in [7, 11) is 4.58. The Labute approximate surface area is 248 Å². The molecule has 4 aromatic carbocycles. The minimum absolute atomic E-state index is 0.0109. The second-order valence-electron chi connectivity index (χ2n) is 8.88. The molecule has 8 nitrogen and oxygen atoms in total. The van der Waals surface area contributed by atoms with Gasteiger partial charge in [0.15, 0.2) is 5.78 Å². The molecule has 0 spiro atoms. The maximum Gasteiger partial charge on any atom is 0.272 e. The number of methoxy groups -OCH3 is 3. The van der Waals surface area contributed by atoms with Gasteiger partial charge in [-0.1, -0.05) is 36.4 Å². The highest BCUT2D eigenvalue weighted by Gasteiger charge is 2.17. The molecule has 0 heterocycles. The second kappa shape index (κ2) is 14.6. The molecule has 0 aromatic heterocycles. The van der Waals surface area contributed by atoms with Gasteiger partial charge >= 0.3 is 0 Å². The van der Waals surface area contributed by atoms with Crippen LogP contribution in [0.2, 0.25) is 0 Å². The molecule has 0 unspecified atom stereocenters. The van der Waals surface area contributed by atoms with E-state index in [9.17, 15) is 14.4 Å². The number of para-hydroxylation sites is 1. The van der Waals surface area contributed by atoms with Crippen molar-refractivity contribution in [3.63, 3.8) is 0 Å². The number of ketones is 1. The number of rotatable bonds is 12. The third-order valence-electron chi connectivity index (χ3n) is 6.14. The van der Waals surface area contributed by atoms with E-state index in [1.165, 1.54) is 26.0 Å². The van der Waals surface area contributed by atoms with E-state index in [0.29, 0.717) is 39.6 Å². The molecule has 9 heteroatoms. The fraction of sp³-hybridized carbons (Fsp3) is 0.121. The molecule has 0 aliphatic heterocycles. The Morgan fingerprint density at radius 3 is 2.24 bits per heavy atom. The summed E-state index contributed by atoms with van der Waals surface area (Å²) in [6.45, 7) is 0. The van der Waals surface area contributed by atoms with E-state index in [1.54, 1.807) is 98.1 Å². The topological polar surface area (TPSA) is 103 Å². The molecule has 214 valence electrons. The zero-order valence-electron chi connectivity index (χ0n) is 23.4. The Bertz CT molecular complexity index is 1600. The minimum atomic E-state index is -0.538. The van der Waals surface area contributed by atoms with E-state index in [0.717, 1.165) is 4.90 Å². The fourth-order valence-electron chi connectivity index (χ4n) is 4.00. The maximum absolute atomic E-state index is 13.5. The quantitative estimate of drug-likeness (QED) is 0.118. The van der Waals surface area contributed by atoms with Gasteiger partial charge < -0.3 is 24.8 Å². The molecule has 0 saturated carbocycles. The first-order valence-corrected chi connectivity index (χ1v) is 13.9. The van der Waals surface area contributed by atoms with Crippen LogP contribution >= 0.6 is 11.8 Å². The van der Waals surface area contributed by atoms with Crippen LogP contribution < -0.4 is 24.8 Å². The van der Waals surface area contributed by atoms with Crippen molar-refractivity contribution in [2.45, 2.75) is 4.90 Å². The standard InChI is InChI=1S/C33H30N2O6S/c1-39-25-17-16-23(31(20-25)41-3)18-28(35-32(37)22-10-5-4-6-11-22)33(38)34-24-12-9-13-26(19-24)42-21-29(36)27-14-7-8-15-30(27)40-2/h4-20H,21H2,1-3H3,(H,34,38)(H,35,37)/b28-18-. The van der Waals surface area contributed by atoms with Crippen molar-refractivity contribution < 1.29 is 28.6 Å². The predicted octanol–water partition coefficient (Wildman–Crippen LogP) is 6.10. The van der Waals surface area contributed by atoms with Gasteiger partial charge in [-0.25, -0.2) is 0 Å². The first-order chi connectivity index (χ1) is 20.4. The van der Waals surface area contributed by atoms with Crippen LogP contribution in [0.5, 0.6) is 17.2 Å². The molecule has 2 N–H and O–H groups in total. The molecule has 2 amide bonds. The lowest BCUT2D eigenvalue weighted by Gasteiger charge is -2.13. The summed E-state index contributed by atoms with van der Waals surface area (Å²) in [5.41, 5.74) is 1.98. The number of hydrogen-bond donors (Lipinski definition) is 2. The van der Waals surface area contributed by atoms with Crippen molar-refractivity contribution in [1.82, 2.24) is 5.32 Å². The number of ether oxygens (including phenoxy) is 3. The molecule has 0 saturated heterocycles. The number of benzene rings is 4. The number of anilines is 1. The summed E-state index contributed by atoms with van der Waals surface area (Å²) >= 11 is 1.34. The monoisotopic (exact) mass is 582 g/mol. The largest absolute Gasteiger partial charge is 0.497 e. The van der Waals surface area contributed by atoms with Gasteiger partial charge in [-0.15, -0.1) is 11.8 Å². The zero-order chi connectivity index (χ0) is 29.9. The van der Waals surface area contributed by atoms with Crippen LogP contribution in [-0.4, -0.2) is 44.7 Å². The lowest BCUT2D eigenvalue weighted by molar-refractivity contribution is -0.113. The summed E-state index contributed by atoms with van der Waals surface area (Å²) in [5, 5.41) is 5.58. The van der Waals surface area contributed by atoms with Gasteiger partial charge in [0.25, 0.3) is 11.8 Å². The van der Waals surface area contributed by atoms with Crippen LogP contribution in [0.25, 0.3) is 6.08 Å². The first kappa shape index (κ1) is 30.0. The molecule has 4 rings (SSSR count). The van der Waals surface area contributed by atoms with E-state index >= 15 is 0 Å². The zero-order valence-corrected chi connectivity index (χ0v) is 24.2. The first-order valence-electron chi connectivity index (χ1n) is 12.9. The normalized spacial score (nSPS) is 10.9. The maximum atomic E-state index is 13.5. The molecule has 0 bridgehead atoms. The Hall–Kier alpha value is -5.02. The van der Waals surface area contributed by atoms with Crippen molar-refractivity contribution in [1.29, 1.82) is 0 Å². The van der Waals surface area contributed by atoms with Crippen LogP contribution in [-0.2, 0) is 4.79 Å². The van der Waals surface area contributed by atoms with Crippen molar-refractivity contribution >= 4 is 41.1 Å². The Kier molecular flexibility index (Phi) is 10.4. The summed E-state index contributed by atoms with van der Waals surface area (Å²) in [5.74, 6) is 0.707. The molecule has 0 radical (unpaired) electrons. The number of amides is 2. The fourth-order valence-corrected chi connectivity index (χ4v) is 4.84. The SMILES string of the molecule is COc1ccc(/C=C(\NC(=O)c2ccccc2)C(=O)Nc2cccc(SCC(=O)c3ccccc3OC)c2)c(OC)c1. The Balaban J connectivity index is 1.54. The van der Waals surface area contributed by atoms with Gasteiger partial charge in [0.05, 0.1) is 32.6 Å². The minimum Gasteiger partial charge on any atom is -0.497 e. The van der Waals surface area contributed by atoms with Crippen molar-refractivity contribution in [2.24, 2.45) is 0 Å². The van der Waals surface area contributed by atoms with Crippen LogP contribution in [0.15, 0.2) is 108 Å². The van der Waals surface area contributed by atoms with Crippen molar-refractivity contribution in [3.8, 4) is 17.2 Å². The highest BCUT2D eigenvalue weighted by molar-refractivity contribution is 8.00. The molecule has 4 aromatic rings. The van der Waals surface area contributed by atoms with Crippen LogP contribution in [0, 0.1) is 0 Å². The van der Waals surface area contributed by atoms with Crippen molar-refractivity contribution in [2.75, 3.05) is 32.4 Å². The van der Waals surface area contributed by atoms with E-state index in [4.69, 9.17) is 14.2 Å². The lowest BCUT2D eigenvalue weighted by atomic mass is 10.1. The third kappa shape index (κ3) is 7.80. The van der Waals surface area contributed by atoms with Gasteiger partial charge in [-0.2, -0.15) is 0 Å². The van der Waals surface area contributed by atoms with Gasteiger partial charge in [0.1, 0.15) is 22.9 Å². The molecule has 0 fully saturated rings. The molecule has 0 aliphatic rings. The van der Waals surface area contributed by atoms with Crippen LogP contribution in [0.1, 0.15) is 26.3 Å². The Morgan fingerprint density at radius 2 is 1.50 bits per heavy atom. The highest BCUT2D eigenvalue weighted by Crippen LogP contribution is 2.28. The number of Topliss-reactive ketones (excluding diaryl/α,β-unsaturated/α-hetero) is 1. The van der Waals surface area contributed by atoms with E-state index in [1.807, 2.05) is 12.1 Å². The van der Waals surface area contributed by atoms with Crippen molar-refractivity contribution in [3.05, 3.63) is 119 Å². The van der Waals surface area contributed by atoms with Crippen LogP contribution in [0.3, 0.4) is 0 Å². The summed E-state index contributed by atoms with van der Waals surface area (Å²) in [4.78, 5) is 40.1.